The van der Waals surface area contributed by atoms with Gasteiger partial charge in [-0.3, -0.25) is 5.32 Å². The molecule has 0 amide bonds. The molecule has 256 valence electrons. The van der Waals surface area contributed by atoms with E-state index >= 15 is 0 Å². The number of hydrogen-bond acceptors (Lipinski definition) is 2. The van der Waals surface area contributed by atoms with Gasteiger partial charge in [-0.15, -0.1) is 0 Å². The van der Waals surface area contributed by atoms with Crippen molar-refractivity contribution in [2.75, 3.05) is 5.32 Å². The maximum atomic E-state index is 4.14. The summed E-state index contributed by atoms with van der Waals surface area (Å²) in [4.78, 5) is 0. The highest BCUT2D eigenvalue weighted by molar-refractivity contribution is 6.13. The Morgan fingerprint density at radius 1 is 0.463 bits per heavy atom. The minimum atomic E-state index is -0.542. The van der Waals surface area contributed by atoms with Crippen molar-refractivity contribution in [2.24, 2.45) is 0 Å². The lowest BCUT2D eigenvalue weighted by Crippen LogP contribution is -2.41. The van der Waals surface area contributed by atoms with Crippen molar-refractivity contribution in [2.45, 2.75) is 17.7 Å². The van der Waals surface area contributed by atoms with Gasteiger partial charge in [0.15, 0.2) is 6.29 Å². The van der Waals surface area contributed by atoms with Gasteiger partial charge in [0, 0.05) is 22.0 Å². The number of para-hydroxylation sites is 2. The van der Waals surface area contributed by atoms with Gasteiger partial charge < -0.3 is 9.88 Å². The van der Waals surface area contributed by atoms with Crippen molar-refractivity contribution in [3.8, 4) is 22.3 Å². The predicted octanol–water partition coefficient (Wildman–Crippen LogP) is 12.1. The van der Waals surface area contributed by atoms with Gasteiger partial charge in [0.25, 0.3) is 0 Å². The third-order valence-corrected chi connectivity index (χ3v) is 11.8. The number of aromatic nitrogens is 1. The van der Waals surface area contributed by atoms with E-state index in [1.54, 1.807) is 0 Å². The van der Waals surface area contributed by atoms with Gasteiger partial charge in [0.05, 0.1) is 22.5 Å². The number of hydrogen-bond donors (Lipinski definition) is 2. The van der Waals surface area contributed by atoms with Crippen LogP contribution in [-0.4, -0.2) is 4.57 Å². The van der Waals surface area contributed by atoms with E-state index in [1.807, 2.05) is 0 Å². The molecule has 1 aromatic heterocycles. The second-order valence-corrected chi connectivity index (χ2v) is 14.5. The third kappa shape index (κ3) is 4.46. The molecule has 11 rings (SSSR count). The summed E-state index contributed by atoms with van der Waals surface area (Å²) in [6.07, 6.45) is -0.249. The smallest absolute Gasteiger partial charge is 0.160 e. The summed E-state index contributed by atoms with van der Waals surface area (Å²) in [7, 11) is 0. The number of benzene rings is 8. The van der Waals surface area contributed by atoms with Crippen LogP contribution in [0.1, 0.15) is 45.7 Å². The number of anilines is 1. The Kier molecular flexibility index (Phi) is 6.98. The molecule has 0 spiro atoms. The van der Waals surface area contributed by atoms with Gasteiger partial charge in [-0.25, -0.2) is 0 Å². The maximum absolute atomic E-state index is 4.14. The summed E-state index contributed by atoms with van der Waals surface area (Å²) in [5, 5.41) is 10.6. The Bertz CT molecular complexity index is 2780. The van der Waals surface area contributed by atoms with E-state index in [4.69, 9.17) is 0 Å². The molecule has 2 N–H and O–H groups in total. The maximum Gasteiger partial charge on any atom is 0.160 e. The minimum Gasteiger partial charge on any atom is -0.352 e. The number of nitrogens with one attached hydrogen (secondary N) is 2. The van der Waals surface area contributed by atoms with Crippen molar-refractivity contribution in [1.29, 1.82) is 0 Å². The second-order valence-electron chi connectivity index (χ2n) is 14.5. The quantitative estimate of drug-likeness (QED) is 0.188. The van der Waals surface area contributed by atoms with E-state index in [2.05, 4.69) is 215 Å². The van der Waals surface area contributed by atoms with Crippen LogP contribution in [0.2, 0.25) is 0 Å². The zero-order chi connectivity index (χ0) is 35.6. The van der Waals surface area contributed by atoms with E-state index < -0.39 is 5.41 Å². The molecule has 3 heteroatoms. The molecule has 0 bridgehead atoms. The molecule has 3 nitrogen and oxygen atoms in total. The summed E-state index contributed by atoms with van der Waals surface area (Å²) in [6.45, 7) is 0. The van der Waals surface area contributed by atoms with E-state index in [1.165, 1.54) is 77.4 Å². The molecule has 1 aliphatic carbocycles. The van der Waals surface area contributed by atoms with Gasteiger partial charge in [0.2, 0.25) is 0 Å². The SMILES string of the molecule is c1ccc(-c2ccc(C3NC(n4c5ccccc5c5ccc6c(c54)C(c4ccccc4)(c4ccccc4)c4ccccc4-6)Nc4ccccc43)cc2)cc1. The number of nitrogens with zero attached hydrogens (tertiary/aromatic N) is 1. The Morgan fingerprint density at radius 3 is 1.83 bits per heavy atom. The van der Waals surface area contributed by atoms with E-state index in [0.29, 0.717) is 0 Å². The Morgan fingerprint density at radius 2 is 1.07 bits per heavy atom. The molecule has 0 fully saturated rings. The average Bonchev–Trinajstić information content (AvgIpc) is 3.75. The minimum absolute atomic E-state index is 0.0320. The van der Waals surface area contributed by atoms with Gasteiger partial charge >= 0.3 is 0 Å². The Hall–Kier alpha value is -6.68. The topological polar surface area (TPSA) is 29.0 Å². The summed E-state index contributed by atoms with van der Waals surface area (Å²) in [5.74, 6) is 0. The molecule has 2 heterocycles. The van der Waals surface area contributed by atoms with Crippen LogP contribution in [0, 0.1) is 0 Å². The van der Waals surface area contributed by atoms with Gasteiger partial charge in [-0.2, -0.15) is 0 Å². The third-order valence-electron chi connectivity index (χ3n) is 11.8. The van der Waals surface area contributed by atoms with Gasteiger partial charge in [-0.1, -0.05) is 188 Å². The Labute approximate surface area is 315 Å². The lowest BCUT2D eigenvalue weighted by molar-refractivity contribution is 0.416. The summed E-state index contributed by atoms with van der Waals surface area (Å²) >= 11 is 0. The van der Waals surface area contributed by atoms with Gasteiger partial charge in [0.1, 0.15) is 0 Å². The summed E-state index contributed by atoms with van der Waals surface area (Å²) in [6, 6.07) is 73.3. The van der Waals surface area contributed by atoms with Crippen LogP contribution in [0.3, 0.4) is 0 Å². The van der Waals surface area contributed by atoms with Crippen LogP contribution in [0.15, 0.2) is 200 Å². The first-order valence-corrected chi connectivity index (χ1v) is 18.8. The largest absolute Gasteiger partial charge is 0.352 e. The van der Waals surface area contributed by atoms with Gasteiger partial charge in [-0.05, 0) is 62.2 Å². The first-order valence-electron chi connectivity index (χ1n) is 18.8. The van der Waals surface area contributed by atoms with Crippen LogP contribution in [-0.2, 0) is 5.41 Å². The predicted molar refractivity (Wildman–Crippen MR) is 223 cm³/mol. The molecule has 54 heavy (non-hydrogen) atoms. The number of rotatable bonds is 5. The van der Waals surface area contributed by atoms with Crippen LogP contribution in [0.5, 0.6) is 0 Å². The van der Waals surface area contributed by atoms with Crippen LogP contribution >= 0.6 is 0 Å². The van der Waals surface area contributed by atoms with Crippen molar-refractivity contribution in [3.05, 3.63) is 234 Å². The molecular formula is C51H37N3. The number of fused-ring (bicyclic) bond motifs is 8. The molecule has 8 aromatic carbocycles. The molecule has 2 unspecified atom stereocenters. The lowest BCUT2D eigenvalue weighted by atomic mass is 9.67. The van der Waals surface area contributed by atoms with Crippen molar-refractivity contribution < 1.29 is 0 Å². The molecule has 0 saturated heterocycles. The molecule has 0 radical (unpaired) electrons. The van der Waals surface area contributed by atoms with E-state index in [9.17, 15) is 0 Å². The standard InChI is InChI=1S/C51H37N3/c1-4-16-34(17-5-1)35-28-30-36(31-29-35)48-43-24-11-14-26-45(43)52-50(53-48)54-46-27-15-12-23-40(46)42-33-32-41-39-22-10-13-25-44(39)51(47(41)49(42)54,37-18-6-2-7-19-37)38-20-8-3-9-21-38/h1-33,48,50,52-53H. The van der Waals surface area contributed by atoms with Crippen molar-refractivity contribution in [3.63, 3.8) is 0 Å². The molecule has 2 atom stereocenters. The van der Waals surface area contributed by atoms with Crippen molar-refractivity contribution in [1.82, 2.24) is 9.88 Å². The van der Waals surface area contributed by atoms with E-state index in [0.717, 1.165) is 5.69 Å². The highest BCUT2D eigenvalue weighted by Gasteiger charge is 2.48. The molecule has 2 aliphatic rings. The Balaban J connectivity index is 1.19. The first kappa shape index (κ1) is 30.9. The molecule has 9 aromatic rings. The normalized spacial score (nSPS) is 16.7. The fraction of sp³-hybridized carbons (Fsp3) is 0.0588. The highest BCUT2D eigenvalue weighted by atomic mass is 15.3. The van der Waals surface area contributed by atoms with Crippen molar-refractivity contribution >= 4 is 27.5 Å². The average molecular weight is 692 g/mol. The second kappa shape index (κ2) is 12.2. The molecule has 1 aliphatic heterocycles. The highest BCUT2D eigenvalue weighted by Crippen LogP contribution is 2.59. The molecule has 0 saturated carbocycles. The zero-order valence-corrected chi connectivity index (χ0v) is 29.7. The zero-order valence-electron chi connectivity index (χ0n) is 29.7. The van der Waals surface area contributed by atoms with Crippen LogP contribution < -0.4 is 10.6 Å². The fourth-order valence-corrected chi connectivity index (χ4v) is 9.52. The van der Waals surface area contributed by atoms with E-state index in [-0.39, 0.29) is 12.3 Å². The van der Waals surface area contributed by atoms with Crippen LogP contribution in [0.25, 0.3) is 44.1 Å². The lowest BCUT2D eigenvalue weighted by Gasteiger charge is -2.38. The summed E-state index contributed by atoms with van der Waals surface area (Å²) < 4.78 is 2.55. The van der Waals surface area contributed by atoms with Crippen LogP contribution in [0.4, 0.5) is 5.69 Å². The fourth-order valence-electron chi connectivity index (χ4n) is 9.52. The molecular weight excluding hydrogens is 655 g/mol. The summed E-state index contributed by atoms with van der Waals surface area (Å²) in [5.41, 5.74) is 15.6. The monoisotopic (exact) mass is 691 g/mol. The first-order chi connectivity index (χ1) is 26.8.